The summed E-state index contributed by atoms with van der Waals surface area (Å²) >= 11 is 0. The molecule has 0 unspecified atom stereocenters. The van der Waals surface area contributed by atoms with Gasteiger partial charge in [-0.3, -0.25) is 0 Å². The Balaban J connectivity index is 1.83. The van der Waals surface area contributed by atoms with Crippen molar-refractivity contribution in [3.8, 4) is 0 Å². The highest BCUT2D eigenvalue weighted by Crippen LogP contribution is 2.28. The minimum Gasteiger partial charge on any atom is -0.303 e. The predicted molar refractivity (Wildman–Crippen MR) is 89.3 cm³/mol. The summed E-state index contributed by atoms with van der Waals surface area (Å²) in [5.74, 6) is 0.850. The monoisotopic (exact) mass is 279 g/mol. The lowest BCUT2D eigenvalue weighted by Crippen LogP contribution is -2.36. The molecule has 0 aromatic heterocycles. The Labute approximate surface area is 128 Å². The lowest BCUT2D eigenvalue weighted by atomic mass is 9.86. The second-order valence-corrected chi connectivity index (χ2v) is 6.39. The highest BCUT2D eigenvalue weighted by molar-refractivity contribution is 5.31. The van der Waals surface area contributed by atoms with Crippen molar-refractivity contribution in [2.24, 2.45) is 5.92 Å². The molecular weight excluding hydrogens is 254 g/mol. The Morgan fingerprint density at radius 1 is 0.857 bits per heavy atom. The molecule has 110 valence electrons. The SMILES string of the molecule is C[C@H]1CCC[C@@H](NC(c2ccccc2)c2ccccc2)C1. The summed E-state index contributed by atoms with van der Waals surface area (Å²) in [6.45, 7) is 2.38. The Morgan fingerprint density at radius 2 is 1.43 bits per heavy atom. The first kappa shape index (κ1) is 14.3. The first-order chi connectivity index (χ1) is 10.3. The molecule has 1 saturated carbocycles. The second kappa shape index (κ2) is 6.91. The molecule has 2 atom stereocenters. The molecule has 0 spiro atoms. The fraction of sp³-hybridized carbons (Fsp3) is 0.400. The lowest BCUT2D eigenvalue weighted by Gasteiger charge is -2.32. The van der Waals surface area contributed by atoms with Gasteiger partial charge in [-0.25, -0.2) is 0 Å². The van der Waals surface area contributed by atoms with Crippen LogP contribution in [0, 0.1) is 5.92 Å². The Hall–Kier alpha value is -1.60. The lowest BCUT2D eigenvalue weighted by molar-refractivity contribution is 0.290. The zero-order chi connectivity index (χ0) is 14.5. The van der Waals surface area contributed by atoms with Crippen LogP contribution in [-0.4, -0.2) is 6.04 Å². The molecule has 0 aliphatic heterocycles. The third-order valence-electron chi connectivity index (χ3n) is 4.60. The summed E-state index contributed by atoms with van der Waals surface area (Å²) in [6.07, 6.45) is 5.35. The van der Waals surface area contributed by atoms with Crippen LogP contribution in [-0.2, 0) is 0 Å². The van der Waals surface area contributed by atoms with Crippen molar-refractivity contribution in [2.45, 2.75) is 44.7 Å². The van der Waals surface area contributed by atoms with Gasteiger partial charge >= 0.3 is 0 Å². The molecular formula is C20H25N. The molecule has 0 saturated heterocycles. The van der Waals surface area contributed by atoms with Crippen molar-refractivity contribution >= 4 is 0 Å². The summed E-state index contributed by atoms with van der Waals surface area (Å²) in [4.78, 5) is 0. The summed E-state index contributed by atoms with van der Waals surface area (Å²) in [5.41, 5.74) is 2.73. The van der Waals surface area contributed by atoms with Gasteiger partial charge in [-0.1, -0.05) is 80.4 Å². The molecule has 0 amide bonds. The molecule has 1 aliphatic carbocycles. The van der Waals surface area contributed by atoms with Crippen molar-refractivity contribution in [3.05, 3.63) is 71.8 Å². The van der Waals surface area contributed by atoms with Gasteiger partial charge in [-0.15, -0.1) is 0 Å². The Morgan fingerprint density at radius 3 is 1.95 bits per heavy atom. The van der Waals surface area contributed by atoms with E-state index in [9.17, 15) is 0 Å². The minimum absolute atomic E-state index is 0.308. The number of hydrogen-bond acceptors (Lipinski definition) is 1. The van der Waals surface area contributed by atoms with Gasteiger partial charge in [0.1, 0.15) is 0 Å². The number of nitrogens with one attached hydrogen (secondary N) is 1. The molecule has 0 heterocycles. The van der Waals surface area contributed by atoms with Crippen molar-refractivity contribution in [3.63, 3.8) is 0 Å². The molecule has 1 heteroatoms. The Kier molecular flexibility index (Phi) is 4.72. The standard InChI is InChI=1S/C20H25N/c1-16-9-8-14-19(15-16)21-20(17-10-4-2-5-11-17)18-12-6-3-7-13-18/h2-7,10-13,16,19-21H,8-9,14-15H2,1H3/t16-,19+/m0/s1. The minimum atomic E-state index is 0.308. The fourth-order valence-electron chi connectivity index (χ4n) is 3.50. The zero-order valence-electron chi connectivity index (χ0n) is 12.8. The van der Waals surface area contributed by atoms with E-state index in [1.807, 2.05) is 0 Å². The highest BCUT2D eigenvalue weighted by Gasteiger charge is 2.23. The maximum absolute atomic E-state index is 3.92. The van der Waals surface area contributed by atoms with E-state index >= 15 is 0 Å². The maximum atomic E-state index is 3.92. The van der Waals surface area contributed by atoms with Crippen LogP contribution in [0.2, 0.25) is 0 Å². The summed E-state index contributed by atoms with van der Waals surface area (Å²) < 4.78 is 0. The third-order valence-corrected chi connectivity index (χ3v) is 4.60. The van der Waals surface area contributed by atoms with Crippen LogP contribution in [0.25, 0.3) is 0 Å². The van der Waals surface area contributed by atoms with Crippen LogP contribution < -0.4 is 5.32 Å². The van der Waals surface area contributed by atoms with Crippen molar-refractivity contribution in [1.29, 1.82) is 0 Å². The van der Waals surface area contributed by atoms with Gasteiger partial charge < -0.3 is 5.32 Å². The molecule has 1 aliphatic rings. The van der Waals surface area contributed by atoms with Gasteiger partial charge in [0.2, 0.25) is 0 Å². The van der Waals surface area contributed by atoms with E-state index in [0.29, 0.717) is 12.1 Å². The average molecular weight is 279 g/mol. The van der Waals surface area contributed by atoms with Gasteiger partial charge in [0.15, 0.2) is 0 Å². The summed E-state index contributed by atoms with van der Waals surface area (Å²) in [6, 6.07) is 22.6. The molecule has 2 aromatic rings. The molecule has 0 bridgehead atoms. The number of hydrogen-bond donors (Lipinski definition) is 1. The van der Waals surface area contributed by atoms with Crippen molar-refractivity contribution < 1.29 is 0 Å². The summed E-state index contributed by atoms with van der Waals surface area (Å²) in [7, 11) is 0. The van der Waals surface area contributed by atoms with Gasteiger partial charge in [-0.05, 0) is 29.9 Å². The normalized spacial score (nSPS) is 22.4. The third kappa shape index (κ3) is 3.74. The number of benzene rings is 2. The maximum Gasteiger partial charge on any atom is 0.0578 e. The fourth-order valence-corrected chi connectivity index (χ4v) is 3.50. The van der Waals surface area contributed by atoms with E-state index in [4.69, 9.17) is 0 Å². The zero-order valence-corrected chi connectivity index (χ0v) is 12.8. The van der Waals surface area contributed by atoms with Crippen LogP contribution in [0.15, 0.2) is 60.7 Å². The molecule has 21 heavy (non-hydrogen) atoms. The van der Waals surface area contributed by atoms with E-state index in [1.54, 1.807) is 0 Å². The predicted octanol–water partition coefficient (Wildman–Crippen LogP) is 4.94. The van der Waals surface area contributed by atoms with Gasteiger partial charge in [-0.2, -0.15) is 0 Å². The van der Waals surface area contributed by atoms with Crippen LogP contribution >= 0.6 is 0 Å². The van der Waals surface area contributed by atoms with Crippen molar-refractivity contribution in [1.82, 2.24) is 5.32 Å². The summed E-state index contributed by atoms with van der Waals surface area (Å²) in [5, 5.41) is 3.92. The van der Waals surface area contributed by atoms with Crippen LogP contribution in [0.1, 0.15) is 49.8 Å². The van der Waals surface area contributed by atoms with Gasteiger partial charge in [0.25, 0.3) is 0 Å². The first-order valence-corrected chi connectivity index (χ1v) is 8.19. The first-order valence-electron chi connectivity index (χ1n) is 8.19. The van der Waals surface area contributed by atoms with E-state index < -0.39 is 0 Å². The molecule has 1 nitrogen and oxygen atoms in total. The molecule has 1 fully saturated rings. The smallest absolute Gasteiger partial charge is 0.0578 e. The van der Waals surface area contributed by atoms with Crippen LogP contribution in [0.3, 0.4) is 0 Å². The van der Waals surface area contributed by atoms with E-state index in [1.165, 1.54) is 36.8 Å². The van der Waals surface area contributed by atoms with Crippen molar-refractivity contribution in [2.75, 3.05) is 0 Å². The Bertz CT molecular complexity index is 495. The van der Waals surface area contributed by atoms with Crippen LogP contribution in [0.5, 0.6) is 0 Å². The second-order valence-electron chi connectivity index (χ2n) is 6.39. The molecule has 0 radical (unpaired) electrons. The molecule has 3 rings (SSSR count). The topological polar surface area (TPSA) is 12.0 Å². The quantitative estimate of drug-likeness (QED) is 0.835. The van der Waals surface area contributed by atoms with Crippen LogP contribution in [0.4, 0.5) is 0 Å². The van der Waals surface area contributed by atoms with Gasteiger partial charge in [0.05, 0.1) is 6.04 Å². The highest BCUT2D eigenvalue weighted by atomic mass is 15.0. The van der Waals surface area contributed by atoms with Gasteiger partial charge in [0, 0.05) is 6.04 Å². The average Bonchev–Trinajstić information content (AvgIpc) is 2.54. The largest absolute Gasteiger partial charge is 0.303 e. The molecule has 1 N–H and O–H groups in total. The number of rotatable bonds is 4. The van der Waals surface area contributed by atoms with E-state index in [-0.39, 0.29) is 0 Å². The molecule has 2 aromatic carbocycles. The van der Waals surface area contributed by atoms with E-state index in [2.05, 4.69) is 72.9 Å². The van der Waals surface area contributed by atoms with E-state index in [0.717, 1.165) is 5.92 Å².